The first-order valence-electron chi connectivity index (χ1n) is 11.4. The van der Waals surface area contributed by atoms with Gasteiger partial charge in [-0.15, -0.1) is 0 Å². The van der Waals surface area contributed by atoms with Crippen molar-refractivity contribution in [3.63, 3.8) is 0 Å². The van der Waals surface area contributed by atoms with E-state index < -0.39 is 40.7 Å². The van der Waals surface area contributed by atoms with Crippen LogP contribution in [0.15, 0.2) is 18.2 Å². The largest absolute Gasteiger partial charge is 0.454 e. The van der Waals surface area contributed by atoms with Gasteiger partial charge in [0.05, 0.1) is 25.5 Å². The van der Waals surface area contributed by atoms with Crippen LogP contribution in [0, 0.1) is 5.82 Å². The van der Waals surface area contributed by atoms with Crippen molar-refractivity contribution in [3.8, 4) is 6.01 Å². The molecule has 37 heavy (non-hydrogen) atoms. The number of sulfonamides is 1. The maximum Gasteiger partial charge on any atom is 0.422 e. The van der Waals surface area contributed by atoms with Crippen LogP contribution in [-0.2, 0) is 14.8 Å². The summed E-state index contributed by atoms with van der Waals surface area (Å²) in [7, 11) is -3.32. The number of benzene rings is 1. The van der Waals surface area contributed by atoms with Gasteiger partial charge in [0, 0.05) is 36.9 Å². The van der Waals surface area contributed by atoms with Crippen molar-refractivity contribution < 1.29 is 35.5 Å². The van der Waals surface area contributed by atoms with Crippen LogP contribution < -0.4 is 20.7 Å². The van der Waals surface area contributed by atoms with E-state index in [1.54, 1.807) is 0 Å². The number of anilines is 3. The molecular formula is C21H26F4N7O4S. The molecule has 1 aromatic heterocycles. The summed E-state index contributed by atoms with van der Waals surface area (Å²) in [6.45, 7) is 0.0784. The fourth-order valence-corrected chi connectivity index (χ4v) is 4.79. The molecular weight excluding hydrogens is 522 g/mol. The second kappa shape index (κ2) is 11.3. The predicted octanol–water partition coefficient (Wildman–Crippen LogP) is 2.21. The number of hydrogen-bond donors (Lipinski definition) is 2. The maximum atomic E-state index is 14.4. The zero-order valence-electron chi connectivity index (χ0n) is 19.8. The minimum atomic E-state index is -4.61. The third-order valence-electron chi connectivity index (χ3n) is 5.71. The highest BCUT2D eigenvalue weighted by molar-refractivity contribution is 7.88. The van der Waals surface area contributed by atoms with E-state index >= 15 is 0 Å². The molecule has 3 heterocycles. The van der Waals surface area contributed by atoms with Crippen molar-refractivity contribution >= 4 is 27.6 Å². The lowest BCUT2D eigenvalue weighted by Crippen LogP contribution is -2.42. The number of piperidine rings is 1. The Hall–Kier alpha value is -2.82. The molecule has 1 aromatic carbocycles. The fourth-order valence-electron chi connectivity index (χ4n) is 3.92. The summed E-state index contributed by atoms with van der Waals surface area (Å²) >= 11 is 0. The number of aromatic nitrogens is 3. The molecule has 0 amide bonds. The van der Waals surface area contributed by atoms with Gasteiger partial charge in [-0.05, 0) is 31.0 Å². The Kier molecular flexibility index (Phi) is 8.30. The van der Waals surface area contributed by atoms with Gasteiger partial charge in [-0.1, -0.05) is 0 Å². The lowest BCUT2D eigenvalue weighted by atomic mass is 10.1. The zero-order valence-corrected chi connectivity index (χ0v) is 20.6. The summed E-state index contributed by atoms with van der Waals surface area (Å²) in [5.41, 5.74) is 0.667. The van der Waals surface area contributed by atoms with Crippen molar-refractivity contribution in [1.29, 1.82) is 0 Å². The smallest absolute Gasteiger partial charge is 0.422 e. The summed E-state index contributed by atoms with van der Waals surface area (Å²) in [6, 6.07) is 2.88. The molecule has 2 aliphatic rings. The molecule has 16 heteroatoms. The van der Waals surface area contributed by atoms with E-state index in [1.165, 1.54) is 22.5 Å². The number of ether oxygens (including phenoxy) is 2. The fraction of sp³-hybridized carbons (Fsp3) is 0.571. The van der Waals surface area contributed by atoms with Crippen molar-refractivity contribution in [2.75, 3.05) is 56.3 Å². The van der Waals surface area contributed by atoms with Crippen LogP contribution in [0.1, 0.15) is 24.4 Å². The van der Waals surface area contributed by atoms with E-state index in [0.29, 0.717) is 37.2 Å². The van der Waals surface area contributed by atoms with Gasteiger partial charge in [0.25, 0.3) is 0 Å². The zero-order chi connectivity index (χ0) is 26.6. The molecule has 203 valence electrons. The molecule has 1 atom stereocenters. The number of halogens is 4. The lowest BCUT2D eigenvalue weighted by molar-refractivity contribution is -0.154. The number of hydrogen-bond acceptors (Lipinski definition) is 9. The molecule has 2 aromatic rings. The minimum absolute atomic E-state index is 0.0505. The van der Waals surface area contributed by atoms with Gasteiger partial charge < -0.3 is 20.1 Å². The van der Waals surface area contributed by atoms with Crippen LogP contribution >= 0.6 is 0 Å². The Labute approximate surface area is 211 Å². The summed E-state index contributed by atoms with van der Waals surface area (Å²) in [6.07, 6.45) is -2.60. The van der Waals surface area contributed by atoms with Gasteiger partial charge >= 0.3 is 12.2 Å². The van der Waals surface area contributed by atoms with E-state index in [9.17, 15) is 26.0 Å². The summed E-state index contributed by atoms with van der Waals surface area (Å²) < 4.78 is 87.5. The van der Waals surface area contributed by atoms with Crippen molar-refractivity contribution in [1.82, 2.24) is 24.6 Å². The summed E-state index contributed by atoms with van der Waals surface area (Å²) in [5.74, 6) is -0.652. The van der Waals surface area contributed by atoms with Crippen LogP contribution in [0.25, 0.3) is 0 Å². The molecule has 0 aliphatic carbocycles. The van der Waals surface area contributed by atoms with Gasteiger partial charge in [-0.2, -0.15) is 28.1 Å². The van der Waals surface area contributed by atoms with E-state index in [-0.39, 0.29) is 37.6 Å². The van der Waals surface area contributed by atoms with E-state index in [2.05, 4.69) is 30.9 Å². The van der Waals surface area contributed by atoms with Gasteiger partial charge in [-0.25, -0.2) is 22.4 Å². The molecule has 2 saturated heterocycles. The van der Waals surface area contributed by atoms with Gasteiger partial charge in [0.1, 0.15) is 5.82 Å². The normalized spacial score (nSPS) is 20.0. The first-order valence-corrected chi connectivity index (χ1v) is 13.3. The van der Waals surface area contributed by atoms with Gasteiger partial charge in [0.15, 0.2) is 6.61 Å². The number of morpholine rings is 1. The SMILES string of the molecule is CS(=O)(=O)N1CCC(Nc2nc(Nc3ccc(F)c(C4COCC[N]4)c3)nc(OCC(F)(F)F)n2)CC1. The second-order valence-corrected chi connectivity index (χ2v) is 10.6. The molecule has 1 radical (unpaired) electrons. The Morgan fingerprint density at radius 1 is 1.16 bits per heavy atom. The number of nitrogens with zero attached hydrogens (tertiary/aromatic N) is 5. The Bertz CT molecular complexity index is 1190. The highest BCUT2D eigenvalue weighted by Gasteiger charge is 2.30. The molecule has 2 N–H and O–H groups in total. The van der Waals surface area contributed by atoms with Crippen LogP contribution in [0.3, 0.4) is 0 Å². The first-order chi connectivity index (χ1) is 17.5. The Morgan fingerprint density at radius 2 is 1.89 bits per heavy atom. The van der Waals surface area contributed by atoms with Crippen LogP contribution in [-0.4, -0.2) is 85.6 Å². The molecule has 1 unspecified atom stereocenters. The number of nitrogens with one attached hydrogen (secondary N) is 2. The lowest BCUT2D eigenvalue weighted by Gasteiger charge is -2.30. The molecule has 4 rings (SSSR count). The molecule has 0 spiro atoms. The van der Waals surface area contributed by atoms with E-state index in [4.69, 9.17) is 9.47 Å². The standard InChI is InChI=1S/C21H26F4N7O4S/c1-37(33,34)32-7-4-13(5-8-32)27-18-29-19(31-20(30-18)36-12-21(23,24)25)28-14-2-3-16(22)15(10-14)17-11-35-9-6-26-17/h2-3,10,13,17H,4-9,11-12H2,1H3,(H2,27,28,29,30,31). The van der Waals surface area contributed by atoms with Gasteiger partial charge in [0.2, 0.25) is 21.9 Å². The monoisotopic (exact) mass is 548 g/mol. The summed E-state index contributed by atoms with van der Waals surface area (Å²) in [5, 5.41) is 10.2. The molecule has 2 aliphatic heterocycles. The minimum Gasteiger partial charge on any atom is -0.454 e. The van der Waals surface area contributed by atoms with Crippen LogP contribution in [0.2, 0.25) is 0 Å². The van der Waals surface area contributed by atoms with Crippen molar-refractivity contribution in [2.24, 2.45) is 0 Å². The summed E-state index contributed by atoms with van der Waals surface area (Å²) in [4.78, 5) is 12.1. The quantitative estimate of drug-likeness (QED) is 0.477. The molecule has 0 saturated carbocycles. The van der Waals surface area contributed by atoms with Gasteiger partial charge in [-0.3, -0.25) is 0 Å². The van der Waals surface area contributed by atoms with Crippen LogP contribution in [0.5, 0.6) is 6.01 Å². The third kappa shape index (κ3) is 7.83. The first kappa shape index (κ1) is 27.2. The predicted molar refractivity (Wildman–Crippen MR) is 125 cm³/mol. The third-order valence-corrected chi connectivity index (χ3v) is 7.01. The van der Waals surface area contributed by atoms with E-state index in [0.717, 1.165) is 6.26 Å². The highest BCUT2D eigenvalue weighted by atomic mass is 32.2. The van der Waals surface area contributed by atoms with Crippen LogP contribution in [0.4, 0.5) is 35.1 Å². The number of rotatable bonds is 8. The average molecular weight is 549 g/mol. The molecule has 2 fully saturated rings. The van der Waals surface area contributed by atoms with Crippen molar-refractivity contribution in [3.05, 3.63) is 29.6 Å². The average Bonchev–Trinajstić information content (AvgIpc) is 2.84. The molecule has 11 nitrogen and oxygen atoms in total. The van der Waals surface area contributed by atoms with Crippen molar-refractivity contribution in [2.45, 2.75) is 31.1 Å². The second-order valence-electron chi connectivity index (χ2n) is 8.61. The number of alkyl halides is 3. The maximum absolute atomic E-state index is 14.4. The topological polar surface area (TPSA) is 133 Å². The molecule has 0 bridgehead atoms. The Morgan fingerprint density at radius 3 is 2.54 bits per heavy atom. The van der Waals surface area contributed by atoms with E-state index in [1.807, 2.05) is 0 Å². The Balaban J connectivity index is 1.53. The highest BCUT2D eigenvalue weighted by Crippen LogP contribution is 2.26.